The van der Waals surface area contributed by atoms with Crippen LogP contribution in [-0.2, 0) is 13.0 Å². The maximum Gasteiger partial charge on any atom is 0.315 e. The number of carbonyl (C=O) groups excluding carboxylic acids is 1. The zero-order valence-corrected chi connectivity index (χ0v) is 13.0. The lowest BCUT2D eigenvalue weighted by molar-refractivity contribution is 0.240. The third-order valence-corrected chi connectivity index (χ3v) is 4.24. The highest BCUT2D eigenvalue weighted by Crippen LogP contribution is 2.40. The first-order valence-corrected chi connectivity index (χ1v) is 8.04. The maximum absolute atomic E-state index is 11.9. The first-order valence-electron chi connectivity index (χ1n) is 8.04. The fourth-order valence-electron chi connectivity index (χ4n) is 2.77. The normalized spacial score (nSPS) is 19.2. The van der Waals surface area contributed by atoms with E-state index in [4.69, 9.17) is 5.11 Å². The zero-order chi connectivity index (χ0) is 16.1. The number of aliphatic hydroxyl groups excluding tert-OH is 1. The van der Waals surface area contributed by atoms with Crippen molar-refractivity contribution >= 4 is 6.03 Å². The van der Waals surface area contributed by atoms with E-state index in [0.29, 0.717) is 12.5 Å². The minimum Gasteiger partial charge on any atom is -0.392 e. The predicted molar refractivity (Wildman–Crippen MR) is 90.2 cm³/mol. The van der Waals surface area contributed by atoms with E-state index in [2.05, 4.69) is 22.8 Å². The average molecular weight is 310 g/mol. The molecule has 0 bridgehead atoms. The number of hydrogen-bond donors (Lipinski definition) is 3. The predicted octanol–water partition coefficient (Wildman–Crippen LogP) is 2.58. The van der Waals surface area contributed by atoms with Crippen LogP contribution in [0.3, 0.4) is 0 Å². The second-order valence-electron chi connectivity index (χ2n) is 5.98. The topological polar surface area (TPSA) is 61.4 Å². The third kappa shape index (κ3) is 4.33. The summed E-state index contributed by atoms with van der Waals surface area (Å²) in [6.07, 6.45) is 1.80. The smallest absolute Gasteiger partial charge is 0.315 e. The van der Waals surface area contributed by atoms with Gasteiger partial charge < -0.3 is 15.7 Å². The van der Waals surface area contributed by atoms with Crippen LogP contribution in [-0.4, -0.2) is 23.7 Å². The van der Waals surface area contributed by atoms with Gasteiger partial charge in [0.15, 0.2) is 0 Å². The molecule has 0 saturated heterocycles. The van der Waals surface area contributed by atoms with Crippen molar-refractivity contribution in [2.45, 2.75) is 31.4 Å². The molecule has 0 aromatic heterocycles. The Kier molecular flexibility index (Phi) is 4.93. The van der Waals surface area contributed by atoms with Crippen LogP contribution in [0.1, 0.15) is 29.0 Å². The van der Waals surface area contributed by atoms with Gasteiger partial charge in [-0.3, -0.25) is 0 Å². The Labute approximate surface area is 136 Å². The largest absolute Gasteiger partial charge is 0.392 e. The molecule has 4 nitrogen and oxygen atoms in total. The van der Waals surface area contributed by atoms with Gasteiger partial charge in [0, 0.05) is 18.5 Å². The molecule has 2 aromatic rings. The van der Waals surface area contributed by atoms with Crippen LogP contribution < -0.4 is 10.6 Å². The van der Waals surface area contributed by atoms with Crippen LogP contribution in [0.15, 0.2) is 54.6 Å². The van der Waals surface area contributed by atoms with E-state index < -0.39 is 0 Å². The van der Waals surface area contributed by atoms with Crippen LogP contribution in [0.25, 0.3) is 0 Å². The van der Waals surface area contributed by atoms with Crippen LogP contribution in [0, 0.1) is 0 Å². The van der Waals surface area contributed by atoms with E-state index in [0.717, 1.165) is 24.0 Å². The second kappa shape index (κ2) is 7.29. The van der Waals surface area contributed by atoms with Crippen LogP contribution in [0.2, 0.25) is 0 Å². The number of benzene rings is 2. The van der Waals surface area contributed by atoms with Crippen molar-refractivity contribution in [3.8, 4) is 0 Å². The number of aliphatic hydroxyl groups is 1. The van der Waals surface area contributed by atoms with Crippen LogP contribution >= 0.6 is 0 Å². The van der Waals surface area contributed by atoms with Crippen molar-refractivity contribution in [3.05, 3.63) is 71.3 Å². The average Bonchev–Trinajstić information content (AvgIpc) is 3.35. The highest BCUT2D eigenvalue weighted by atomic mass is 16.3. The lowest BCUT2D eigenvalue weighted by atomic mass is 10.1. The Morgan fingerprint density at radius 1 is 1.04 bits per heavy atom. The molecular formula is C19H22N2O2. The Bertz CT molecular complexity index is 640. The number of rotatable bonds is 6. The third-order valence-electron chi connectivity index (χ3n) is 4.24. The number of amides is 2. The van der Waals surface area contributed by atoms with E-state index in [-0.39, 0.29) is 18.7 Å². The van der Waals surface area contributed by atoms with E-state index in [1.165, 1.54) is 5.56 Å². The molecule has 0 heterocycles. The summed E-state index contributed by atoms with van der Waals surface area (Å²) < 4.78 is 0. The molecule has 2 amide bonds. The monoisotopic (exact) mass is 310 g/mol. The molecule has 2 unspecified atom stereocenters. The van der Waals surface area contributed by atoms with Crippen molar-refractivity contribution in [3.63, 3.8) is 0 Å². The summed E-state index contributed by atoms with van der Waals surface area (Å²) in [5.74, 6) is 0.452. The lowest BCUT2D eigenvalue weighted by Crippen LogP contribution is -2.38. The summed E-state index contributed by atoms with van der Waals surface area (Å²) in [6.45, 7) is 0.665. The van der Waals surface area contributed by atoms with Gasteiger partial charge in [-0.15, -0.1) is 0 Å². The van der Waals surface area contributed by atoms with Crippen LogP contribution in [0.4, 0.5) is 4.79 Å². The summed E-state index contributed by atoms with van der Waals surface area (Å²) in [7, 11) is 0. The van der Waals surface area contributed by atoms with Gasteiger partial charge >= 0.3 is 6.03 Å². The second-order valence-corrected chi connectivity index (χ2v) is 5.98. The molecule has 0 aliphatic heterocycles. The van der Waals surface area contributed by atoms with Crippen molar-refractivity contribution in [2.75, 3.05) is 6.54 Å². The number of carbonyl (C=O) groups is 1. The summed E-state index contributed by atoms with van der Waals surface area (Å²) in [5, 5.41) is 14.9. The van der Waals surface area contributed by atoms with Crippen molar-refractivity contribution in [1.82, 2.24) is 10.6 Å². The summed E-state index contributed by atoms with van der Waals surface area (Å²) in [5.41, 5.74) is 3.35. The van der Waals surface area contributed by atoms with Crippen molar-refractivity contribution < 1.29 is 9.90 Å². The Morgan fingerprint density at radius 2 is 1.74 bits per heavy atom. The molecule has 120 valence electrons. The molecule has 1 aliphatic carbocycles. The minimum atomic E-state index is -0.0968. The fourth-order valence-corrected chi connectivity index (χ4v) is 2.77. The number of hydrogen-bond acceptors (Lipinski definition) is 2. The van der Waals surface area contributed by atoms with Gasteiger partial charge in [-0.05, 0) is 29.5 Å². The summed E-state index contributed by atoms with van der Waals surface area (Å²) >= 11 is 0. The van der Waals surface area contributed by atoms with Gasteiger partial charge in [0.2, 0.25) is 0 Å². The molecule has 2 aromatic carbocycles. The number of nitrogens with one attached hydrogen (secondary N) is 2. The molecule has 1 fully saturated rings. The van der Waals surface area contributed by atoms with E-state index >= 15 is 0 Å². The summed E-state index contributed by atoms with van der Waals surface area (Å²) in [4.78, 5) is 11.9. The van der Waals surface area contributed by atoms with E-state index in [9.17, 15) is 4.79 Å². The van der Waals surface area contributed by atoms with E-state index in [1.54, 1.807) is 0 Å². The lowest BCUT2D eigenvalue weighted by Gasteiger charge is -2.08. The van der Waals surface area contributed by atoms with Crippen LogP contribution in [0.5, 0.6) is 0 Å². The van der Waals surface area contributed by atoms with Gasteiger partial charge in [0.05, 0.1) is 6.61 Å². The quantitative estimate of drug-likeness (QED) is 0.768. The highest BCUT2D eigenvalue weighted by Gasteiger charge is 2.39. The Hall–Kier alpha value is -2.33. The SMILES string of the molecule is O=C(NCCc1ccc(CO)cc1)NC1CC1c1ccccc1. The van der Waals surface area contributed by atoms with Gasteiger partial charge in [-0.2, -0.15) is 0 Å². The number of urea groups is 1. The van der Waals surface area contributed by atoms with Gasteiger partial charge in [0.25, 0.3) is 0 Å². The maximum atomic E-state index is 11.9. The summed E-state index contributed by atoms with van der Waals surface area (Å²) in [6, 6.07) is 18.2. The van der Waals surface area contributed by atoms with Gasteiger partial charge in [0.1, 0.15) is 0 Å². The minimum absolute atomic E-state index is 0.0604. The van der Waals surface area contributed by atoms with Gasteiger partial charge in [-0.25, -0.2) is 4.79 Å². The molecule has 3 N–H and O–H groups in total. The molecule has 1 aliphatic rings. The molecule has 1 saturated carbocycles. The molecule has 0 spiro atoms. The first kappa shape index (κ1) is 15.6. The molecule has 23 heavy (non-hydrogen) atoms. The standard InChI is InChI=1S/C19H22N2O2/c22-13-15-8-6-14(7-9-15)10-11-20-19(23)21-18-12-17(18)16-4-2-1-3-5-16/h1-9,17-18,22H,10-13H2,(H2,20,21,23). The fraction of sp³-hybridized carbons (Fsp3) is 0.316. The Balaban J connectivity index is 1.37. The molecule has 0 radical (unpaired) electrons. The molecule has 2 atom stereocenters. The Morgan fingerprint density at radius 3 is 2.43 bits per heavy atom. The molecule has 3 rings (SSSR count). The zero-order valence-electron chi connectivity index (χ0n) is 13.0. The first-order chi connectivity index (χ1) is 11.3. The van der Waals surface area contributed by atoms with Gasteiger partial charge in [-0.1, -0.05) is 54.6 Å². The van der Waals surface area contributed by atoms with E-state index in [1.807, 2.05) is 42.5 Å². The molecule has 4 heteroatoms. The molecular weight excluding hydrogens is 288 g/mol. The van der Waals surface area contributed by atoms with Crippen molar-refractivity contribution in [1.29, 1.82) is 0 Å². The highest BCUT2D eigenvalue weighted by molar-refractivity contribution is 5.74. The van der Waals surface area contributed by atoms with Crippen molar-refractivity contribution in [2.24, 2.45) is 0 Å².